The first-order valence-corrected chi connectivity index (χ1v) is 8.46. The number of aromatic nitrogens is 2. The summed E-state index contributed by atoms with van der Waals surface area (Å²) in [6.07, 6.45) is 0. The van der Waals surface area contributed by atoms with Crippen molar-refractivity contribution < 1.29 is 30.3 Å². The molecule has 0 aliphatic rings. The number of aryl methyl sites for hydroxylation is 1. The Kier molecular flexibility index (Phi) is 4.19. The van der Waals surface area contributed by atoms with Gasteiger partial charge in [-0.3, -0.25) is 4.79 Å². The Hall–Kier alpha value is -3.33. The summed E-state index contributed by atoms with van der Waals surface area (Å²) in [6.45, 7) is 8.51. The molecule has 0 atom stereocenters. The van der Waals surface area contributed by atoms with Crippen molar-refractivity contribution in [3.8, 4) is 17.1 Å². The lowest BCUT2D eigenvalue weighted by atomic mass is 10.1. The smallest absolute Gasteiger partial charge is 0.374 e. The van der Waals surface area contributed by atoms with Gasteiger partial charge in [-0.05, 0) is 19.1 Å². The fourth-order valence-electron chi connectivity index (χ4n) is 2.27. The van der Waals surface area contributed by atoms with Gasteiger partial charge in [0.2, 0.25) is 0 Å². The van der Waals surface area contributed by atoms with E-state index in [9.17, 15) is 26.4 Å². The minimum Gasteiger partial charge on any atom is -0.374 e. The van der Waals surface area contributed by atoms with Gasteiger partial charge in [0.1, 0.15) is 5.56 Å². The Morgan fingerprint density at radius 1 is 1.30 bits per heavy atom. The quantitative estimate of drug-likeness (QED) is 0.412. The molecule has 0 bridgehead atoms. The molecule has 3 aromatic rings. The summed E-state index contributed by atoms with van der Waals surface area (Å²) in [7, 11) is -6.09. The molecule has 0 aliphatic carbocycles. The monoisotopic (exact) mass is 399 g/mol. The highest BCUT2D eigenvalue weighted by Crippen LogP contribution is 2.38. The van der Waals surface area contributed by atoms with Gasteiger partial charge < -0.3 is 13.7 Å². The first-order valence-electron chi connectivity index (χ1n) is 7.05. The van der Waals surface area contributed by atoms with Crippen molar-refractivity contribution >= 4 is 26.7 Å². The average Bonchev–Trinajstić information content (AvgIpc) is 2.99. The van der Waals surface area contributed by atoms with Crippen LogP contribution in [0, 0.1) is 13.5 Å². The molecule has 0 amide bonds. The van der Waals surface area contributed by atoms with Crippen molar-refractivity contribution in [2.24, 2.45) is 0 Å². The van der Waals surface area contributed by atoms with E-state index in [1.54, 1.807) is 0 Å². The van der Waals surface area contributed by atoms with E-state index in [2.05, 4.69) is 19.2 Å². The molecule has 0 unspecified atom stereocenters. The van der Waals surface area contributed by atoms with Gasteiger partial charge in [0.15, 0.2) is 17.2 Å². The normalized spacial score (nSPS) is 12.1. The fourth-order valence-corrected chi connectivity index (χ4v) is 2.76. The molecule has 0 saturated carbocycles. The minimum absolute atomic E-state index is 0.0106. The number of alkyl halides is 3. The van der Waals surface area contributed by atoms with Gasteiger partial charge in [-0.15, -0.1) is 0 Å². The Morgan fingerprint density at radius 2 is 2.00 bits per heavy atom. The molecule has 2 heterocycles. The van der Waals surface area contributed by atoms with Crippen molar-refractivity contribution in [1.82, 2.24) is 10.1 Å². The minimum atomic E-state index is -6.09. The van der Waals surface area contributed by atoms with Gasteiger partial charge in [-0.2, -0.15) is 21.6 Å². The van der Waals surface area contributed by atoms with Gasteiger partial charge in [0.05, 0.1) is 12.3 Å². The summed E-state index contributed by atoms with van der Waals surface area (Å²) in [5.41, 5.74) is -7.03. The summed E-state index contributed by atoms with van der Waals surface area (Å²) < 4.78 is 70.7. The maximum absolute atomic E-state index is 12.8. The molecule has 0 saturated heterocycles. The molecule has 1 aromatic carbocycles. The zero-order valence-electron chi connectivity index (χ0n) is 13.3. The number of aromatic amines is 1. The number of nitrogens with zero attached hydrogens (tertiary/aromatic N) is 2. The van der Waals surface area contributed by atoms with Crippen LogP contribution >= 0.6 is 0 Å². The van der Waals surface area contributed by atoms with Crippen LogP contribution in [-0.4, -0.2) is 24.1 Å². The van der Waals surface area contributed by atoms with Crippen LogP contribution in [0.5, 0.6) is 5.75 Å². The summed E-state index contributed by atoms with van der Waals surface area (Å²) >= 11 is 0. The molecule has 0 radical (unpaired) electrons. The maximum Gasteiger partial charge on any atom is 0.534 e. The van der Waals surface area contributed by atoms with Crippen molar-refractivity contribution in [1.29, 1.82) is 0 Å². The zero-order chi connectivity index (χ0) is 20.0. The van der Waals surface area contributed by atoms with Crippen molar-refractivity contribution in [2.45, 2.75) is 12.4 Å². The van der Waals surface area contributed by atoms with E-state index in [0.717, 1.165) is 6.07 Å². The second kappa shape index (κ2) is 6.13. The molecular weight excluding hydrogens is 391 g/mol. The van der Waals surface area contributed by atoms with Gasteiger partial charge >= 0.3 is 15.6 Å². The van der Waals surface area contributed by atoms with Gasteiger partial charge in [-0.1, -0.05) is 11.2 Å². The van der Waals surface area contributed by atoms with Crippen LogP contribution in [0.2, 0.25) is 0 Å². The molecule has 2 aromatic heterocycles. The van der Waals surface area contributed by atoms with Crippen LogP contribution in [0.4, 0.5) is 18.9 Å². The molecule has 0 spiro atoms. The molecule has 1 N–H and O–H groups in total. The highest BCUT2D eigenvalue weighted by molar-refractivity contribution is 7.88. The van der Waals surface area contributed by atoms with E-state index >= 15 is 0 Å². The summed E-state index contributed by atoms with van der Waals surface area (Å²) in [6, 6.07) is 4.85. The highest BCUT2D eigenvalue weighted by atomic mass is 32.2. The number of hydrogen-bond acceptors (Lipinski definition) is 6. The van der Waals surface area contributed by atoms with Crippen molar-refractivity contribution in [2.75, 3.05) is 0 Å². The molecule has 3 rings (SSSR count). The summed E-state index contributed by atoms with van der Waals surface area (Å²) in [5.74, 6) is -1.20. The highest BCUT2D eigenvalue weighted by Gasteiger charge is 2.49. The first kappa shape index (κ1) is 18.5. The van der Waals surface area contributed by atoms with Crippen molar-refractivity contribution in [3.05, 3.63) is 51.7 Å². The van der Waals surface area contributed by atoms with Crippen LogP contribution in [0.15, 0.2) is 33.6 Å². The third-order valence-corrected chi connectivity index (χ3v) is 4.38. The molecule has 0 aliphatic heterocycles. The SMILES string of the molecule is [C-]#[N+]c1ccc2[nH]c(=O)c(-c3cc(C)no3)c(OS(=O)(=O)C(F)(F)F)c2c1. The second-order valence-electron chi connectivity index (χ2n) is 5.32. The molecule has 8 nitrogen and oxygen atoms in total. The molecule has 12 heteroatoms. The standard InChI is InChI=1S/C15H8F3N3O5S/c1-7-5-11(25-21-7)12-13(26-27(23,24)15(16,17)18)9-6-8(19-2)3-4-10(9)20-14(12)22/h3-6H,1H3,(H,20,22). The average molecular weight is 399 g/mol. The predicted octanol–water partition coefficient (Wildman–Crippen LogP) is 3.27. The van der Waals surface area contributed by atoms with Gasteiger partial charge in [-0.25, -0.2) is 4.85 Å². The Balaban J connectivity index is 2.42. The lowest BCUT2D eigenvalue weighted by molar-refractivity contribution is -0.0499. The number of fused-ring (bicyclic) bond motifs is 1. The topological polar surface area (TPSA) is 107 Å². The van der Waals surface area contributed by atoms with E-state index in [1.807, 2.05) is 0 Å². The number of rotatable bonds is 3. The van der Waals surface area contributed by atoms with Crippen LogP contribution in [-0.2, 0) is 10.1 Å². The number of nitrogens with one attached hydrogen (secondary N) is 1. The van der Waals surface area contributed by atoms with E-state index in [4.69, 9.17) is 11.1 Å². The largest absolute Gasteiger partial charge is 0.534 e. The molecule has 0 fully saturated rings. The van der Waals surface area contributed by atoms with E-state index < -0.39 is 32.5 Å². The fraction of sp³-hybridized carbons (Fsp3) is 0.133. The summed E-state index contributed by atoms with van der Waals surface area (Å²) in [5, 5.41) is 3.31. The first-order chi connectivity index (χ1) is 12.5. The third kappa shape index (κ3) is 3.24. The number of pyridine rings is 1. The van der Waals surface area contributed by atoms with Gasteiger partial charge in [0.25, 0.3) is 5.56 Å². The Morgan fingerprint density at radius 3 is 2.56 bits per heavy atom. The van der Waals surface area contributed by atoms with E-state index in [-0.39, 0.29) is 22.4 Å². The number of H-pyrrole nitrogens is 1. The van der Waals surface area contributed by atoms with E-state index in [1.165, 1.54) is 25.1 Å². The molecular formula is C15H8F3N3O5S. The van der Waals surface area contributed by atoms with E-state index in [0.29, 0.717) is 5.69 Å². The Labute approximate surface area is 149 Å². The maximum atomic E-state index is 12.8. The molecule has 27 heavy (non-hydrogen) atoms. The van der Waals surface area contributed by atoms with Gasteiger partial charge in [0, 0.05) is 17.0 Å². The van der Waals surface area contributed by atoms with Crippen LogP contribution < -0.4 is 9.74 Å². The number of halogens is 3. The lowest BCUT2D eigenvalue weighted by Crippen LogP contribution is -2.29. The third-order valence-electron chi connectivity index (χ3n) is 3.43. The zero-order valence-corrected chi connectivity index (χ0v) is 14.1. The van der Waals surface area contributed by atoms with Crippen LogP contribution in [0.25, 0.3) is 27.1 Å². The Bertz CT molecular complexity index is 1250. The number of hydrogen-bond donors (Lipinski definition) is 1. The lowest BCUT2D eigenvalue weighted by Gasteiger charge is -2.14. The molecule has 140 valence electrons. The number of benzene rings is 1. The summed E-state index contributed by atoms with van der Waals surface area (Å²) in [4.78, 5) is 17.9. The second-order valence-corrected chi connectivity index (χ2v) is 6.85. The van der Waals surface area contributed by atoms with Crippen molar-refractivity contribution in [3.63, 3.8) is 0 Å². The predicted molar refractivity (Wildman–Crippen MR) is 86.7 cm³/mol. The van der Waals surface area contributed by atoms with Crippen LogP contribution in [0.1, 0.15) is 5.69 Å². The van der Waals surface area contributed by atoms with Crippen LogP contribution in [0.3, 0.4) is 0 Å².